The van der Waals surface area contributed by atoms with Crippen molar-refractivity contribution >= 4 is 46.2 Å². The molecule has 1 aromatic heterocycles. The van der Waals surface area contributed by atoms with Crippen LogP contribution in [-0.2, 0) is 11.0 Å². The highest BCUT2D eigenvalue weighted by atomic mass is 32.1. The van der Waals surface area contributed by atoms with Gasteiger partial charge in [0, 0.05) is 16.5 Å². The Morgan fingerprint density at radius 3 is 2.45 bits per heavy atom. The molecule has 0 saturated carbocycles. The standard InChI is InChI=1S/C27H17F3N4O5S/c28-27(29,30)17-7-9-18(10-8-17)34-25(36)23(22(33-34)16-11-12-40-14-16)32-31-21-6-2-5-20(24(21)35)15-3-1-4-19(13-15)39-26(37)38/h1-14,31,35H,(H,37,38). The molecule has 9 nitrogen and oxygen atoms in total. The van der Waals surface area contributed by atoms with E-state index in [0.717, 1.165) is 29.3 Å². The van der Waals surface area contributed by atoms with Crippen LogP contribution in [-0.4, -0.2) is 33.7 Å². The van der Waals surface area contributed by atoms with Gasteiger partial charge < -0.3 is 14.9 Å². The van der Waals surface area contributed by atoms with Gasteiger partial charge in [-0.05, 0) is 59.5 Å². The molecule has 40 heavy (non-hydrogen) atoms. The number of ether oxygens (including phenoxy) is 1. The average Bonchev–Trinajstić information content (AvgIpc) is 3.56. The summed E-state index contributed by atoms with van der Waals surface area (Å²) in [5.74, 6) is -0.874. The molecule has 0 radical (unpaired) electrons. The summed E-state index contributed by atoms with van der Waals surface area (Å²) >= 11 is 1.35. The Balaban J connectivity index is 1.46. The number of thiophene rings is 1. The largest absolute Gasteiger partial charge is 0.511 e. The second-order valence-electron chi connectivity index (χ2n) is 8.29. The number of halogens is 3. The number of aromatic hydroxyl groups is 1. The van der Waals surface area contributed by atoms with E-state index in [1.54, 1.807) is 41.1 Å². The number of carboxylic acid groups (broad SMARTS) is 1. The molecule has 13 heteroatoms. The van der Waals surface area contributed by atoms with E-state index in [0.29, 0.717) is 16.7 Å². The summed E-state index contributed by atoms with van der Waals surface area (Å²) in [6.45, 7) is 0. The number of phenolic OH excluding ortho intramolecular Hbond substituents is 1. The van der Waals surface area contributed by atoms with Gasteiger partial charge in [-0.15, -0.1) is 0 Å². The quantitative estimate of drug-likeness (QED) is 0.107. The molecule has 0 atom stereocenters. The number of carbonyl (C=O) groups excluding carboxylic acids is 1. The predicted molar refractivity (Wildman–Crippen MR) is 143 cm³/mol. The molecule has 0 unspecified atom stereocenters. The van der Waals surface area contributed by atoms with E-state index in [1.165, 1.54) is 29.5 Å². The Hall–Kier alpha value is -5.17. The minimum atomic E-state index is -4.53. The number of rotatable bonds is 6. The highest BCUT2D eigenvalue weighted by Gasteiger charge is 2.35. The number of benzene rings is 3. The number of amides is 1. The van der Waals surface area contributed by atoms with Gasteiger partial charge in [0.1, 0.15) is 17.2 Å². The SMILES string of the molecule is O=C(O)Oc1cccc(-c2cccc(NN=C3C(=O)N(c4ccc(C(F)(F)F)cc4)N=C3c3ccsc3)c2O)c1. The fourth-order valence-electron chi connectivity index (χ4n) is 3.87. The van der Waals surface area contributed by atoms with Crippen LogP contribution >= 0.6 is 11.3 Å². The molecule has 0 bridgehead atoms. The van der Waals surface area contributed by atoms with Gasteiger partial charge in [0.25, 0.3) is 0 Å². The van der Waals surface area contributed by atoms with E-state index in [9.17, 15) is 27.9 Å². The van der Waals surface area contributed by atoms with Gasteiger partial charge in [-0.25, -0.2) is 4.79 Å². The van der Waals surface area contributed by atoms with E-state index >= 15 is 0 Å². The summed E-state index contributed by atoms with van der Waals surface area (Å²) in [7, 11) is 0. The monoisotopic (exact) mass is 566 g/mol. The maximum atomic E-state index is 13.3. The van der Waals surface area contributed by atoms with Crippen LogP contribution in [0.5, 0.6) is 11.5 Å². The zero-order valence-electron chi connectivity index (χ0n) is 20.1. The zero-order chi connectivity index (χ0) is 28.4. The molecule has 0 aliphatic carbocycles. The fourth-order valence-corrected chi connectivity index (χ4v) is 4.51. The molecule has 3 N–H and O–H groups in total. The summed E-state index contributed by atoms with van der Waals surface area (Å²) in [6, 6.07) is 16.5. The lowest BCUT2D eigenvalue weighted by Crippen LogP contribution is -2.28. The van der Waals surface area contributed by atoms with Crippen molar-refractivity contribution in [2.75, 3.05) is 10.4 Å². The van der Waals surface area contributed by atoms with Gasteiger partial charge in [0.2, 0.25) is 0 Å². The Labute approximate surface area is 228 Å². The molecule has 1 aliphatic heterocycles. The molecular formula is C27H17F3N4O5S. The molecule has 5 rings (SSSR count). The lowest BCUT2D eigenvalue weighted by molar-refractivity contribution is -0.137. The number of anilines is 2. The van der Waals surface area contributed by atoms with Crippen LogP contribution in [0, 0.1) is 0 Å². The first-order chi connectivity index (χ1) is 19.1. The van der Waals surface area contributed by atoms with Crippen molar-refractivity contribution in [3.8, 4) is 22.6 Å². The van der Waals surface area contributed by atoms with Crippen LogP contribution in [0.15, 0.2) is 93.8 Å². The summed E-state index contributed by atoms with van der Waals surface area (Å²) in [4.78, 5) is 24.2. The summed E-state index contributed by atoms with van der Waals surface area (Å²) in [5.41, 5.74) is 3.47. The zero-order valence-corrected chi connectivity index (χ0v) is 20.9. The number of phenols is 1. The number of alkyl halides is 3. The molecule has 4 aromatic rings. The fraction of sp³-hybridized carbons (Fsp3) is 0.0370. The normalized spacial score (nSPS) is 14.4. The minimum absolute atomic E-state index is 0.0551. The molecule has 1 amide bonds. The Bertz CT molecular complexity index is 1650. The van der Waals surface area contributed by atoms with Gasteiger partial charge in [0.05, 0.1) is 16.9 Å². The maximum Gasteiger partial charge on any atom is 0.511 e. The third-order valence-corrected chi connectivity index (χ3v) is 6.41. The molecule has 1 aliphatic rings. The van der Waals surface area contributed by atoms with Crippen LogP contribution in [0.3, 0.4) is 0 Å². The van der Waals surface area contributed by atoms with Gasteiger partial charge in [-0.3, -0.25) is 10.2 Å². The number of para-hydroxylation sites is 1. The van der Waals surface area contributed by atoms with Crippen LogP contribution < -0.4 is 15.2 Å². The van der Waals surface area contributed by atoms with Crippen LogP contribution in [0.1, 0.15) is 11.1 Å². The third-order valence-electron chi connectivity index (χ3n) is 5.73. The molecule has 3 aromatic carbocycles. The van der Waals surface area contributed by atoms with Gasteiger partial charge >= 0.3 is 18.2 Å². The number of hydrogen-bond acceptors (Lipinski definition) is 8. The van der Waals surface area contributed by atoms with Crippen LogP contribution in [0.2, 0.25) is 0 Å². The van der Waals surface area contributed by atoms with E-state index in [4.69, 9.17) is 5.11 Å². The number of nitrogens with one attached hydrogen (secondary N) is 1. The van der Waals surface area contributed by atoms with Gasteiger partial charge in [-0.2, -0.15) is 39.7 Å². The molecule has 2 heterocycles. The first-order valence-corrected chi connectivity index (χ1v) is 12.4. The Kier molecular flexibility index (Phi) is 6.96. The molecule has 0 spiro atoms. The van der Waals surface area contributed by atoms with Crippen molar-refractivity contribution in [1.29, 1.82) is 0 Å². The van der Waals surface area contributed by atoms with Crippen molar-refractivity contribution in [1.82, 2.24) is 0 Å². The average molecular weight is 567 g/mol. The number of hydrogen-bond donors (Lipinski definition) is 3. The van der Waals surface area contributed by atoms with Crippen LogP contribution in [0.25, 0.3) is 11.1 Å². The molecule has 0 saturated heterocycles. The van der Waals surface area contributed by atoms with Crippen molar-refractivity contribution in [3.63, 3.8) is 0 Å². The molecule has 0 fully saturated rings. The Morgan fingerprint density at radius 1 is 1.02 bits per heavy atom. The smallest absolute Gasteiger partial charge is 0.505 e. The minimum Gasteiger partial charge on any atom is -0.505 e. The lowest BCUT2D eigenvalue weighted by Gasteiger charge is -2.13. The van der Waals surface area contributed by atoms with Crippen molar-refractivity contribution in [2.24, 2.45) is 10.2 Å². The van der Waals surface area contributed by atoms with E-state index in [2.05, 4.69) is 20.4 Å². The lowest BCUT2D eigenvalue weighted by atomic mass is 10.0. The van der Waals surface area contributed by atoms with Gasteiger partial charge in [-0.1, -0.05) is 24.3 Å². The first-order valence-electron chi connectivity index (χ1n) is 11.4. The summed E-state index contributed by atoms with van der Waals surface area (Å²) in [6.07, 6.45) is -6.02. The molecule has 202 valence electrons. The maximum absolute atomic E-state index is 13.3. The Morgan fingerprint density at radius 2 is 1.77 bits per heavy atom. The highest BCUT2D eigenvalue weighted by molar-refractivity contribution is 7.08. The van der Waals surface area contributed by atoms with Crippen molar-refractivity contribution < 1.29 is 37.7 Å². The van der Waals surface area contributed by atoms with E-state index in [1.807, 2.05) is 0 Å². The topological polar surface area (TPSA) is 124 Å². The van der Waals surface area contributed by atoms with Crippen LogP contribution in [0.4, 0.5) is 29.3 Å². The van der Waals surface area contributed by atoms with E-state index < -0.39 is 23.8 Å². The number of carbonyl (C=O) groups is 2. The summed E-state index contributed by atoms with van der Waals surface area (Å²) in [5, 5.41) is 32.8. The van der Waals surface area contributed by atoms with Crippen molar-refractivity contribution in [2.45, 2.75) is 6.18 Å². The van der Waals surface area contributed by atoms with E-state index in [-0.39, 0.29) is 34.3 Å². The predicted octanol–water partition coefficient (Wildman–Crippen LogP) is 6.42. The second kappa shape index (κ2) is 10.5. The number of hydrazone groups is 2. The number of nitrogens with zero attached hydrogens (tertiary/aromatic N) is 3. The van der Waals surface area contributed by atoms with Crippen molar-refractivity contribution in [3.05, 3.63) is 94.7 Å². The molecular weight excluding hydrogens is 549 g/mol. The summed E-state index contributed by atoms with van der Waals surface area (Å²) < 4.78 is 43.7. The highest BCUT2D eigenvalue weighted by Crippen LogP contribution is 2.37. The van der Waals surface area contributed by atoms with Gasteiger partial charge in [0.15, 0.2) is 5.71 Å². The first kappa shape index (κ1) is 26.4. The third kappa shape index (κ3) is 5.35. The second-order valence-corrected chi connectivity index (χ2v) is 9.07.